The van der Waals surface area contributed by atoms with Gasteiger partial charge in [-0.25, -0.2) is 0 Å². The van der Waals surface area contributed by atoms with Crippen LogP contribution in [0.2, 0.25) is 0 Å². The second kappa shape index (κ2) is 9.27. The van der Waals surface area contributed by atoms with Crippen LogP contribution in [0.1, 0.15) is 5.56 Å². The average Bonchev–Trinajstić information content (AvgIpc) is 2.66. The second-order valence-electron chi connectivity index (χ2n) is 5.58. The summed E-state index contributed by atoms with van der Waals surface area (Å²) in [6.45, 7) is -0.0526. The van der Waals surface area contributed by atoms with Gasteiger partial charge >= 0.3 is 0 Å². The summed E-state index contributed by atoms with van der Waals surface area (Å²) in [5.74, 6) is 0.850. The molecule has 0 aliphatic rings. The van der Waals surface area contributed by atoms with Gasteiger partial charge in [0.15, 0.2) is 0 Å². The minimum atomic E-state index is -0.285. The summed E-state index contributed by atoms with van der Waals surface area (Å²) in [6, 6.07) is 14.4. The number of methoxy groups -OCH3 is 2. The van der Waals surface area contributed by atoms with Crippen molar-refractivity contribution < 1.29 is 19.1 Å². The molecule has 1 N–H and O–H groups in total. The quantitative estimate of drug-likeness (QED) is 0.777. The summed E-state index contributed by atoms with van der Waals surface area (Å²) >= 11 is 0. The van der Waals surface area contributed by atoms with E-state index in [0.29, 0.717) is 11.4 Å². The van der Waals surface area contributed by atoms with E-state index in [-0.39, 0.29) is 18.4 Å². The van der Waals surface area contributed by atoms with Crippen molar-refractivity contribution in [1.82, 2.24) is 4.90 Å². The maximum atomic E-state index is 12.1. The largest absolute Gasteiger partial charge is 0.497 e. The van der Waals surface area contributed by atoms with E-state index < -0.39 is 0 Å². The zero-order valence-corrected chi connectivity index (χ0v) is 15.1. The lowest BCUT2D eigenvalue weighted by atomic mass is 10.2. The van der Waals surface area contributed by atoms with Crippen LogP contribution >= 0.6 is 0 Å². The predicted octanol–water partition coefficient (Wildman–Crippen LogP) is 2.81. The number of carbonyl (C=O) groups is 2. The van der Waals surface area contributed by atoms with Gasteiger partial charge in [0.2, 0.25) is 11.8 Å². The molecule has 6 heteroatoms. The fourth-order valence-electron chi connectivity index (χ4n) is 2.20. The smallest absolute Gasteiger partial charge is 0.246 e. The zero-order valence-electron chi connectivity index (χ0n) is 15.1. The van der Waals surface area contributed by atoms with Gasteiger partial charge in [-0.2, -0.15) is 0 Å². The van der Waals surface area contributed by atoms with Crippen LogP contribution in [0.5, 0.6) is 11.5 Å². The molecule has 0 radical (unpaired) electrons. The molecule has 0 unspecified atom stereocenters. The first kappa shape index (κ1) is 19.1. The number of nitrogens with one attached hydrogen (secondary N) is 1. The summed E-state index contributed by atoms with van der Waals surface area (Å²) in [5, 5.41) is 2.74. The van der Waals surface area contributed by atoms with Crippen LogP contribution < -0.4 is 14.8 Å². The van der Waals surface area contributed by atoms with E-state index in [1.54, 1.807) is 51.6 Å². The molecule has 0 heterocycles. The Morgan fingerprint density at radius 3 is 2.38 bits per heavy atom. The molecule has 6 nitrogen and oxygen atoms in total. The van der Waals surface area contributed by atoms with Gasteiger partial charge in [-0.05, 0) is 35.9 Å². The molecule has 0 spiro atoms. The molecule has 0 aliphatic heterocycles. The Kier molecular flexibility index (Phi) is 6.79. The number of ether oxygens (including phenoxy) is 2. The van der Waals surface area contributed by atoms with Gasteiger partial charge < -0.3 is 19.7 Å². The molecule has 136 valence electrons. The second-order valence-corrected chi connectivity index (χ2v) is 5.58. The van der Waals surface area contributed by atoms with Gasteiger partial charge in [-0.1, -0.05) is 18.2 Å². The Bertz CT molecular complexity index is 785. The number of likely N-dealkylation sites (N-methyl/N-ethyl adjacent to an activating group) is 1. The van der Waals surface area contributed by atoms with Crippen molar-refractivity contribution in [3.8, 4) is 11.5 Å². The van der Waals surface area contributed by atoms with E-state index in [9.17, 15) is 9.59 Å². The topological polar surface area (TPSA) is 67.9 Å². The third-order valence-corrected chi connectivity index (χ3v) is 3.64. The van der Waals surface area contributed by atoms with Crippen LogP contribution in [0.15, 0.2) is 54.6 Å². The number of nitrogens with zero attached hydrogens (tertiary/aromatic N) is 1. The molecular formula is C20H22N2O4. The standard InChI is InChI=1S/C20H22N2O4/c1-22(14-19(23)21-16-5-4-6-18(13-16)26-3)20(24)12-9-15-7-10-17(25-2)11-8-15/h4-13H,14H2,1-3H3,(H,21,23)/b12-9+. The maximum Gasteiger partial charge on any atom is 0.246 e. The SMILES string of the molecule is COc1ccc(/C=C/C(=O)N(C)CC(=O)Nc2cccc(OC)c2)cc1. The van der Waals surface area contributed by atoms with Crippen LogP contribution in [0, 0.1) is 0 Å². The van der Waals surface area contributed by atoms with Crippen LogP contribution in [-0.4, -0.2) is 44.5 Å². The first-order chi connectivity index (χ1) is 12.5. The van der Waals surface area contributed by atoms with Crippen LogP contribution in [-0.2, 0) is 9.59 Å². The molecule has 0 fully saturated rings. The number of hydrogen-bond acceptors (Lipinski definition) is 4. The van der Waals surface area contributed by atoms with Gasteiger partial charge in [0.25, 0.3) is 0 Å². The number of anilines is 1. The third-order valence-electron chi connectivity index (χ3n) is 3.64. The molecule has 0 bridgehead atoms. The Morgan fingerprint density at radius 2 is 1.73 bits per heavy atom. The molecule has 2 amide bonds. The highest BCUT2D eigenvalue weighted by atomic mass is 16.5. The predicted molar refractivity (Wildman–Crippen MR) is 101 cm³/mol. The molecule has 26 heavy (non-hydrogen) atoms. The van der Waals surface area contributed by atoms with E-state index >= 15 is 0 Å². The fraction of sp³-hybridized carbons (Fsp3) is 0.200. The summed E-state index contributed by atoms with van der Waals surface area (Å²) < 4.78 is 10.2. The lowest BCUT2D eigenvalue weighted by Crippen LogP contribution is -2.33. The monoisotopic (exact) mass is 354 g/mol. The highest BCUT2D eigenvalue weighted by molar-refractivity contribution is 5.98. The van der Waals surface area contributed by atoms with E-state index in [1.807, 2.05) is 24.3 Å². The highest BCUT2D eigenvalue weighted by Gasteiger charge is 2.11. The van der Waals surface area contributed by atoms with Crippen molar-refractivity contribution in [2.24, 2.45) is 0 Å². The summed E-state index contributed by atoms with van der Waals surface area (Å²) in [5.41, 5.74) is 1.48. The van der Waals surface area contributed by atoms with E-state index in [0.717, 1.165) is 11.3 Å². The van der Waals surface area contributed by atoms with Gasteiger partial charge in [-0.15, -0.1) is 0 Å². The van der Waals surface area contributed by atoms with Crippen molar-refractivity contribution in [2.45, 2.75) is 0 Å². The highest BCUT2D eigenvalue weighted by Crippen LogP contribution is 2.16. The van der Waals surface area contributed by atoms with Crippen LogP contribution in [0.3, 0.4) is 0 Å². The summed E-state index contributed by atoms with van der Waals surface area (Å²) in [6.07, 6.45) is 3.12. The summed E-state index contributed by atoms with van der Waals surface area (Å²) in [7, 11) is 4.73. The fourth-order valence-corrected chi connectivity index (χ4v) is 2.20. The number of carbonyl (C=O) groups excluding carboxylic acids is 2. The minimum absolute atomic E-state index is 0.0526. The molecule has 0 saturated carbocycles. The summed E-state index contributed by atoms with van der Waals surface area (Å²) in [4.78, 5) is 25.6. The molecule has 0 saturated heterocycles. The number of amides is 2. The van der Waals surface area contributed by atoms with Crippen molar-refractivity contribution in [3.05, 3.63) is 60.2 Å². The normalized spacial score (nSPS) is 10.4. The molecule has 0 aromatic heterocycles. The molecule has 2 rings (SSSR count). The van der Waals surface area contributed by atoms with Crippen molar-refractivity contribution >= 4 is 23.6 Å². The Balaban J connectivity index is 1.88. The Morgan fingerprint density at radius 1 is 1.04 bits per heavy atom. The van der Waals surface area contributed by atoms with E-state index in [4.69, 9.17) is 9.47 Å². The van der Waals surface area contributed by atoms with Crippen molar-refractivity contribution in [1.29, 1.82) is 0 Å². The van der Waals surface area contributed by atoms with Crippen molar-refractivity contribution in [3.63, 3.8) is 0 Å². The Hall–Kier alpha value is -3.28. The first-order valence-corrected chi connectivity index (χ1v) is 8.03. The number of rotatable bonds is 7. The zero-order chi connectivity index (χ0) is 18.9. The number of hydrogen-bond donors (Lipinski definition) is 1. The average molecular weight is 354 g/mol. The van der Waals surface area contributed by atoms with Crippen molar-refractivity contribution in [2.75, 3.05) is 33.1 Å². The molecule has 2 aromatic rings. The van der Waals surface area contributed by atoms with Gasteiger partial charge in [0, 0.05) is 24.9 Å². The first-order valence-electron chi connectivity index (χ1n) is 8.03. The van der Waals surface area contributed by atoms with Gasteiger partial charge in [-0.3, -0.25) is 9.59 Å². The maximum absolute atomic E-state index is 12.1. The molecule has 0 aliphatic carbocycles. The van der Waals surface area contributed by atoms with Crippen LogP contribution in [0.25, 0.3) is 6.08 Å². The molecule has 0 atom stereocenters. The van der Waals surface area contributed by atoms with Gasteiger partial charge in [0.05, 0.1) is 20.8 Å². The molecular weight excluding hydrogens is 332 g/mol. The Labute approximate surface area is 153 Å². The number of benzene rings is 2. The lowest BCUT2D eigenvalue weighted by Gasteiger charge is -2.15. The minimum Gasteiger partial charge on any atom is -0.497 e. The van der Waals surface area contributed by atoms with Gasteiger partial charge in [0.1, 0.15) is 11.5 Å². The van der Waals surface area contributed by atoms with E-state index in [1.165, 1.54) is 11.0 Å². The third kappa shape index (κ3) is 5.66. The van der Waals surface area contributed by atoms with Crippen LogP contribution in [0.4, 0.5) is 5.69 Å². The van der Waals surface area contributed by atoms with E-state index in [2.05, 4.69) is 5.32 Å². The molecule has 2 aromatic carbocycles. The lowest BCUT2D eigenvalue weighted by molar-refractivity contribution is -0.129.